The van der Waals surface area contributed by atoms with Crippen LogP contribution in [0.3, 0.4) is 0 Å². The van der Waals surface area contributed by atoms with Gasteiger partial charge in [-0.05, 0) is 40.0 Å². The van der Waals surface area contributed by atoms with Crippen molar-refractivity contribution in [1.82, 2.24) is 5.32 Å². The monoisotopic (exact) mass is 291 g/mol. The van der Waals surface area contributed by atoms with E-state index in [1.54, 1.807) is 20.8 Å². The number of carbonyl (C=O) groups is 2. The zero-order chi connectivity index (χ0) is 15.6. The molecular formula is C13H25NO6. The molecular weight excluding hydrogens is 266 g/mol. The Labute approximate surface area is 119 Å². The number of unbranched alkanes of at least 4 members (excludes halogenated alkanes) is 1. The van der Waals surface area contributed by atoms with E-state index in [1.807, 2.05) is 0 Å². The van der Waals surface area contributed by atoms with Crippen LogP contribution in [0.25, 0.3) is 0 Å². The largest absolute Gasteiger partial charge is 0.480 e. The van der Waals surface area contributed by atoms with Crippen molar-refractivity contribution in [3.05, 3.63) is 0 Å². The topological polar surface area (TPSA) is 105 Å². The Morgan fingerprint density at radius 3 is 2.45 bits per heavy atom. The molecule has 1 atom stereocenters. The summed E-state index contributed by atoms with van der Waals surface area (Å²) in [6, 6.07) is 0. The van der Waals surface area contributed by atoms with Gasteiger partial charge in [-0.15, -0.1) is 0 Å². The van der Waals surface area contributed by atoms with Gasteiger partial charge in [0.05, 0.1) is 12.7 Å². The fraction of sp³-hybridized carbons (Fsp3) is 0.846. The summed E-state index contributed by atoms with van der Waals surface area (Å²) in [5.74, 6) is -1.06. The smallest absolute Gasteiger partial charge is 0.407 e. The minimum atomic E-state index is -1.06. The van der Waals surface area contributed by atoms with Crippen LogP contribution in [-0.2, 0) is 14.3 Å². The predicted molar refractivity (Wildman–Crippen MR) is 72.5 cm³/mol. The second-order valence-electron chi connectivity index (χ2n) is 5.49. The molecule has 0 aliphatic heterocycles. The molecule has 0 saturated heterocycles. The van der Waals surface area contributed by atoms with Gasteiger partial charge in [0, 0.05) is 6.54 Å². The average molecular weight is 291 g/mol. The van der Waals surface area contributed by atoms with E-state index < -0.39 is 30.4 Å². The molecule has 0 aromatic carbocycles. The van der Waals surface area contributed by atoms with E-state index in [9.17, 15) is 14.7 Å². The number of aliphatic carboxylic acids is 1. The molecule has 0 heterocycles. The van der Waals surface area contributed by atoms with Crippen molar-refractivity contribution in [1.29, 1.82) is 0 Å². The predicted octanol–water partition coefficient (Wildman–Crippen LogP) is 1.14. The van der Waals surface area contributed by atoms with Crippen LogP contribution in [0.4, 0.5) is 4.79 Å². The summed E-state index contributed by atoms with van der Waals surface area (Å²) in [5.41, 5.74) is -0.512. The first-order chi connectivity index (χ1) is 9.20. The van der Waals surface area contributed by atoms with E-state index in [2.05, 4.69) is 5.32 Å². The Hall–Kier alpha value is -1.34. The highest BCUT2D eigenvalue weighted by Crippen LogP contribution is 2.06. The maximum Gasteiger partial charge on any atom is 0.407 e. The van der Waals surface area contributed by atoms with Gasteiger partial charge in [-0.3, -0.25) is 0 Å². The van der Waals surface area contributed by atoms with Crippen LogP contribution in [0.1, 0.15) is 40.0 Å². The number of carboxylic acids is 1. The third kappa shape index (κ3) is 13.1. The first kappa shape index (κ1) is 18.7. The maximum absolute atomic E-state index is 11.3. The van der Waals surface area contributed by atoms with Gasteiger partial charge in [0.2, 0.25) is 0 Å². The van der Waals surface area contributed by atoms with Gasteiger partial charge in [0.15, 0.2) is 0 Å². The Morgan fingerprint density at radius 1 is 1.25 bits per heavy atom. The van der Waals surface area contributed by atoms with E-state index in [4.69, 9.17) is 14.6 Å². The fourth-order valence-corrected chi connectivity index (χ4v) is 1.38. The zero-order valence-corrected chi connectivity index (χ0v) is 12.3. The SMILES string of the molecule is CC(C)(C)OC(=O)NCCCCC(O)COCC(=O)O. The molecule has 20 heavy (non-hydrogen) atoms. The van der Waals surface area contributed by atoms with Gasteiger partial charge in [-0.25, -0.2) is 9.59 Å². The molecule has 1 amide bonds. The number of nitrogens with one attached hydrogen (secondary N) is 1. The standard InChI is InChI=1S/C13H25NO6/c1-13(2,3)20-12(18)14-7-5-4-6-10(15)8-19-9-11(16)17/h10,15H,4-9H2,1-3H3,(H,14,18)(H,16,17). The minimum absolute atomic E-state index is 0.00575. The Morgan fingerprint density at radius 2 is 1.90 bits per heavy atom. The number of carboxylic acid groups (broad SMARTS) is 1. The van der Waals surface area contributed by atoms with E-state index >= 15 is 0 Å². The molecule has 0 bridgehead atoms. The molecule has 1 unspecified atom stereocenters. The van der Waals surface area contributed by atoms with Crippen molar-refractivity contribution in [3.63, 3.8) is 0 Å². The normalized spacial score (nSPS) is 12.8. The molecule has 0 aliphatic rings. The van der Waals surface area contributed by atoms with Gasteiger partial charge >= 0.3 is 12.1 Å². The molecule has 3 N–H and O–H groups in total. The van der Waals surface area contributed by atoms with Crippen molar-refractivity contribution in [2.75, 3.05) is 19.8 Å². The summed E-state index contributed by atoms with van der Waals surface area (Å²) in [7, 11) is 0. The first-order valence-electron chi connectivity index (χ1n) is 6.65. The Balaban J connectivity index is 3.47. The lowest BCUT2D eigenvalue weighted by Crippen LogP contribution is -2.33. The number of hydrogen-bond donors (Lipinski definition) is 3. The molecule has 0 saturated carbocycles. The maximum atomic E-state index is 11.3. The van der Waals surface area contributed by atoms with E-state index in [0.717, 1.165) is 0 Å². The highest BCUT2D eigenvalue weighted by Gasteiger charge is 2.15. The molecule has 7 nitrogen and oxygen atoms in total. The number of amides is 1. The van der Waals surface area contributed by atoms with Crippen molar-refractivity contribution < 1.29 is 29.3 Å². The zero-order valence-electron chi connectivity index (χ0n) is 12.3. The van der Waals surface area contributed by atoms with Crippen molar-refractivity contribution in [2.45, 2.75) is 51.7 Å². The molecule has 0 aromatic heterocycles. The second-order valence-corrected chi connectivity index (χ2v) is 5.49. The molecule has 0 fully saturated rings. The van der Waals surface area contributed by atoms with Gasteiger partial charge < -0.3 is 25.0 Å². The number of carbonyl (C=O) groups excluding carboxylic acids is 1. The molecule has 7 heteroatoms. The minimum Gasteiger partial charge on any atom is -0.480 e. The molecule has 0 aromatic rings. The van der Waals surface area contributed by atoms with Gasteiger partial charge in [0.25, 0.3) is 0 Å². The highest BCUT2D eigenvalue weighted by atomic mass is 16.6. The van der Waals surface area contributed by atoms with Crippen LogP contribution >= 0.6 is 0 Å². The summed E-state index contributed by atoms with van der Waals surface area (Å²) >= 11 is 0. The summed E-state index contributed by atoms with van der Waals surface area (Å²) in [6.45, 7) is 5.45. The van der Waals surface area contributed by atoms with Crippen LogP contribution in [0.15, 0.2) is 0 Å². The lowest BCUT2D eigenvalue weighted by molar-refractivity contribution is -0.143. The van der Waals surface area contributed by atoms with E-state index in [0.29, 0.717) is 25.8 Å². The summed E-state index contributed by atoms with van der Waals surface area (Å²) in [6.07, 6.45) is 0.761. The number of alkyl carbamates (subject to hydrolysis) is 1. The van der Waals surface area contributed by atoms with Crippen molar-refractivity contribution in [2.24, 2.45) is 0 Å². The van der Waals surface area contributed by atoms with Crippen LogP contribution < -0.4 is 5.32 Å². The van der Waals surface area contributed by atoms with E-state index in [-0.39, 0.29) is 6.61 Å². The van der Waals surface area contributed by atoms with Gasteiger partial charge in [0.1, 0.15) is 12.2 Å². The van der Waals surface area contributed by atoms with Crippen LogP contribution in [0, 0.1) is 0 Å². The molecule has 0 spiro atoms. The Bertz CT molecular complexity index is 300. The summed E-state index contributed by atoms with van der Waals surface area (Å²) in [5, 5.41) is 20.5. The number of aliphatic hydroxyl groups is 1. The average Bonchev–Trinajstić information content (AvgIpc) is 2.25. The third-order valence-electron chi connectivity index (χ3n) is 2.17. The van der Waals surface area contributed by atoms with Crippen molar-refractivity contribution >= 4 is 12.1 Å². The number of ether oxygens (including phenoxy) is 2. The number of rotatable bonds is 9. The quantitative estimate of drug-likeness (QED) is 0.550. The van der Waals surface area contributed by atoms with Gasteiger partial charge in [-0.1, -0.05) is 0 Å². The third-order valence-corrected chi connectivity index (χ3v) is 2.17. The number of hydrogen-bond acceptors (Lipinski definition) is 5. The number of aliphatic hydroxyl groups excluding tert-OH is 1. The molecule has 0 radical (unpaired) electrons. The Kier molecular flexibility index (Phi) is 8.91. The van der Waals surface area contributed by atoms with Gasteiger partial charge in [-0.2, -0.15) is 0 Å². The van der Waals surface area contributed by atoms with Crippen LogP contribution in [0.2, 0.25) is 0 Å². The molecule has 0 rings (SSSR count). The lowest BCUT2D eigenvalue weighted by atomic mass is 10.1. The fourth-order valence-electron chi connectivity index (χ4n) is 1.38. The summed E-state index contributed by atoms with van der Waals surface area (Å²) in [4.78, 5) is 21.5. The first-order valence-corrected chi connectivity index (χ1v) is 6.65. The van der Waals surface area contributed by atoms with Crippen LogP contribution in [0.5, 0.6) is 0 Å². The highest BCUT2D eigenvalue weighted by molar-refractivity contribution is 5.68. The van der Waals surface area contributed by atoms with Crippen molar-refractivity contribution in [3.8, 4) is 0 Å². The second kappa shape index (κ2) is 9.55. The summed E-state index contributed by atoms with van der Waals surface area (Å²) < 4.78 is 9.83. The van der Waals surface area contributed by atoms with Crippen LogP contribution in [-0.4, -0.2) is 53.7 Å². The molecule has 0 aliphatic carbocycles. The molecule has 118 valence electrons. The lowest BCUT2D eigenvalue weighted by Gasteiger charge is -2.19. The van der Waals surface area contributed by atoms with E-state index in [1.165, 1.54) is 0 Å².